The lowest BCUT2D eigenvalue weighted by molar-refractivity contribution is -0.125. The maximum Gasteiger partial charge on any atom is 0.226 e. The standard InChI is InChI=1S/C19H29N3O2/c1-4-14(2)19(24)20-15(3)12-18(23)21-16-8-7-9-17(13-16)22-10-5-6-11-22/h7-9,13-15H,4-6,10-12H2,1-3H3,(H,20,24)(H,21,23). The van der Waals surface area contributed by atoms with Crippen molar-refractivity contribution in [2.45, 2.75) is 52.5 Å². The van der Waals surface area contributed by atoms with Crippen LogP contribution in [-0.4, -0.2) is 30.9 Å². The summed E-state index contributed by atoms with van der Waals surface area (Å²) in [6, 6.07) is 7.80. The third kappa shape index (κ3) is 5.25. The van der Waals surface area contributed by atoms with E-state index >= 15 is 0 Å². The Labute approximate surface area is 144 Å². The van der Waals surface area contributed by atoms with Crippen molar-refractivity contribution >= 4 is 23.2 Å². The van der Waals surface area contributed by atoms with E-state index in [0.717, 1.165) is 30.9 Å². The molecule has 2 rings (SSSR count). The van der Waals surface area contributed by atoms with Gasteiger partial charge in [0.25, 0.3) is 0 Å². The number of carbonyl (C=O) groups excluding carboxylic acids is 2. The van der Waals surface area contributed by atoms with Crippen LogP contribution in [0, 0.1) is 5.92 Å². The Hall–Kier alpha value is -2.04. The number of carbonyl (C=O) groups is 2. The van der Waals surface area contributed by atoms with Crippen molar-refractivity contribution in [2.24, 2.45) is 5.92 Å². The smallest absolute Gasteiger partial charge is 0.226 e. The van der Waals surface area contributed by atoms with Crippen LogP contribution in [0.15, 0.2) is 24.3 Å². The van der Waals surface area contributed by atoms with Crippen LogP contribution in [0.5, 0.6) is 0 Å². The van der Waals surface area contributed by atoms with E-state index in [1.807, 2.05) is 39.0 Å². The minimum Gasteiger partial charge on any atom is -0.371 e. The first kappa shape index (κ1) is 18.3. The third-order valence-electron chi connectivity index (χ3n) is 4.54. The van der Waals surface area contributed by atoms with E-state index in [9.17, 15) is 9.59 Å². The van der Waals surface area contributed by atoms with Crippen molar-refractivity contribution in [1.29, 1.82) is 0 Å². The van der Waals surface area contributed by atoms with E-state index in [1.54, 1.807) is 0 Å². The fourth-order valence-corrected chi connectivity index (χ4v) is 2.87. The molecule has 2 unspecified atom stereocenters. The normalized spacial score (nSPS) is 16.5. The van der Waals surface area contributed by atoms with Crippen molar-refractivity contribution < 1.29 is 9.59 Å². The van der Waals surface area contributed by atoms with Gasteiger partial charge >= 0.3 is 0 Å². The summed E-state index contributed by atoms with van der Waals surface area (Å²) in [5, 5.41) is 5.83. The number of nitrogens with one attached hydrogen (secondary N) is 2. The molecule has 132 valence electrons. The second-order valence-corrected chi connectivity index (χ2v) is 6.72. The maximum absolute atomic E-state index is 12.2. The minimum absolute atomic E-state index is 0.00818. The Morgan fingerprint density at radius 3 is 2.58 bits per heavy atom. The molecule has 0 aromatic heterocycles. The van der Waals surface area contributed by atoms with Gasteiger partial charge in [-0.05, 0) is 44.4 Å². The van der Waals surface area contributed by atoms with Crippen molar-refractivity contribution in [3.8, 4) is 0 Å². The molecule has 2 atom stereocenters. The number of rotatable bonds is 7. The van der Waals surface area contributed by atoms with E-state index in [4.69, 9.17) is 0 Å². The van der Waals surface area contributed by atoms with Gasteiger partial charge < -0.3 is 15.5 Å². The van der Waals surface area contributed by atoms with E-state index in [-0.39, 0.29) is 30.2 Å². The average molecular weight is 331 g/mol. The Balaban J connectivity index is 1.85. The fourth-order valence-electron chi connectivity index (χ4n) is 2.87. The molecule has 5 heteroatoms. The van der Waals surface area contributed by atoms with Gasteiger partial charge in [-0.1, -0.05) is 19.9 Å². The lowest BCUT2D eigenvalue weighted by atomic mass is 10.1. The van der Waals surface area contributed by atoms with Gasteiger partial charge in [0.2, 0.25) is 11.8 Å². The molecule has 1 aromatic rings. The quantitative estimate of drug-likeness (QED) is 0.807. The molecule has 0 radical (unpaired) electrons. The van der Waals surface area contributed by atoms with Crippen LogP contribution in [-0.2, 0) is 9.59 Å². The average Bonchev–Trinajstić information content (AvgIpc) is 3.08. The van der Waals surface area contributed by atoms with Crippen molar-refractivity contribution in [3.63, 3.8) is 0 Å². The summed E-state index contributed by atoms with van der Waals surface area (Å²) in [6.45, 7) is 7.90. The number of anilines is 2. The highest BCUT2D eigenvalue weighted by molar-refractivity contribution is 5.92. The summed E-state index contributed by atoms with van der Waals surface area (Å²) in [4.78, 5) is 26.4. The largest absolute Gasteiger partial charge is 0.371 e. The molecule has 2 N–H and O–H groups in total. The van der Waals surface area contributed by atoms with Gasteiger partial charge in [0.15, 0.2) is 0 Å². The van der Waals surface area contributed by atoms with E-state index in [2.05, 4.69) is 21.6 Å². The Morgan fingerprint density at radius 2 is 1.92 bits per heavy atom. The predicted octanol–water partition coefficient (Wildman–Crippen LogP) is 3.17. The van der Waals surface area contributed by atoms with E-state index in [0.29, 0.717) is 0 Å². The summed E-state index contributed by atoms with van der Waals surface area (Å²) < 4.78 is 0. The second-order valence-electron chi connectivity index (χ2n) is 6.72. The highest BCUT2D eigenvalue weighted by Crippen LogP contribution is 2.23. The number of benzene rings is 1. The molecule has 1 aromatic carbocycles. The van der Waals surface area contributed by atoms with Crippen LogP contribution >= 0.6 is 0 Å². The monoisotopic (exact) mass is 331 g/mol. The van der Waals surface area contributed by atoms with Crippen molar-refractivity contribution in [2.75, 3.05) is 23.3 Å². The molecule has 1 aliphatic rings. The Kier molecular flexibility index (Phi) is 6.64. The fraction of sp³-hybridized carbons (Fsp3) is 0.579. The van der Waals surface area contributed by atoms with Crippen LogP contribution in [0.25, 0.3) is 0 Å². The first-order valence-corrected chi connectivity index (χ1v) is 8.94. The molecule has 5 nitrogen and oxygen atoms in total. The zero-order valence-corrected chi connectivity index (χ0v) is 15.0. The number of hydrogen-bond donors (Lipinski definition) is 2. The highest BCUT2D eigenvalue weighted by Gasteiger charge is 2.16. The maximum atomic E-state index is 12.2. The molecule has 0 aliphatic carbocycles. The topological polar surface area (TPSA) is 61.4 Å². The van der Waals surface area contributed by atoms with Crippen molar-refractivity contribution in [1.82, 2.24) is 5.32 Å². The van der Waals surface area contributed by atoms with Gasteiger partial charge in [-0.25, -0.2) is 0 Å². The van der Waals surface area contributed by atoms with Crippen molar-refractivity contribution in [3.05, 3.63) is 24.3 Å². The first-order chi connectivity index (χ1) is 11.5. The van der Waals surface area contributed by atoms with Gasteiger partial charge in [0, 0.05) is 42.8 Å². The molecular weight excluding hydrogens is 302 g/mol. The van der Waals surface area contributed by atoms with Gasteiger partial charge in [-0.15, -0.1) is 0 Å². The third-order valence-corrected chi connectivity index (χ3v) is 4.54. The number of nitrogens with zero attached hydrogens (tertiary/aromatic N) is 1. The lowest BCUT2D eigenvalue weighted by Gasteiger charge is -2.19. The van der Waals surface area contributed by atoms with Gasteiger partial charge in [-0.3, -0.25) is 9.59 Å². The highest BCUT2D eigenvalue weighted by atomic mass is 16.2. The molecule has 24 heavy (non-hydrogen) atoms. The summed E-state index contributed by atoms with van der Waals surface area (Å²) in [6.07, 6.45) is 3.53. The Morgan fingerprint density at radius 1 is 1.21 bits per heavy atom. The molecular formula is C19H29N3O2. The summed E-state index contributed by atoms with van der Waals surface area (Å²) >= 11 is 0. The first-order valence-electron chi connectivity index (χ1n) is 8.94. The molecule has 0 saturated carbocycles. The zero-order chi connectivity index (χ0) is 17.5. The predicted molar refractivity (Wildman–Crippen MR) is 98.2 cm³/mol. The van der Waals surface area contributed by atoms with Crippen LogP contribution in [0.4, 0.5) is 11.4 Å². The SMILES string of the molecule is CCC(C)C(=O)NC(C)CC(=O)Nc1cccc(N2CCCC2)c1. The van der Waals surface area contributed by atoms with Gasteiger partial charge in [0.05, 0.1) is 0 Å². The van der Waals surface area contributed by atoms with E-state index in [1.165, 1.54) is 12.8 Å². The van der Waals surface area contributed by atoms with Crippen LogP contribution in [0.1, 0.15) is 46.5 Å². The summed E-state index contributed by atoms with van der Waals surface area (Å²) in [5.41, 5.74) is 1.97. The van der Waals surface area contributed by atoms with Crippen LogP contribution < -0.4 is 15.5 Å². The summed E-state index contributed by atoms with van der Waals surface area (Å²) in [7, 11) is 0. The lowest BCUT2D eigenvalue weighted by Crippen LogP contribution is -2.38. The molecule has 1 saturated heterocycles. The Bertz CT molecular complexity index is 567. The van der Waals surface area contributed by atoms with Gasteiger partial charge in [0.1, 0.15) is 0 Å². The molecule has 1 fully saturated rings. The molecule has 0 bridgehead atoms. The minimum atomic E-state index is -0.173. The second kappa shape index (κ2) is 8.71. The zero-order valence-electron chi connectivity index (χ0n) is 15.0. The number of amides is 2. The molecule has 1 heterocycles. The molecule has 0 spiro atoms. The van der Waals surface area contributed by atoms with Crippen LogP contribution in [0.3, 0.4) is 0 Å². The summed E-state index contributed by atoms with van der Waals surface area (Å²) in [5.74, 6) is -0.0907. The number of hydrogen-bond acceptors (Lipinski definition) is 3. The molecule has 2 amide bonds. The van der Waals surface area contributed by atoms with Crippen LogP contribution in [0.2, 0.25) is 0 Å². The van der Waals surface area contributed by atoms with Gasteiger partial charge in [-0.2, -0.15) is 0 Å². The van der Waals surface area contributed by atoms with E-state index < -0.39 is 0 Å². The molecule has 1 aliphatic heterocycles.